The molecule has 86 valence electrons. The van der Waals surface area contributed by atoms with Crippen LogP contribution in [0.25, 0.3) is 0 Å². The predicted octanol–water partition coefficient (Wildman–Crippen LogP) is 4.05. The molecule has 0 saturated carbocycles. The van der Waals surface area contributed by atoms with Crippen molar-refractivity contribution in [1.82, 2.24) is 4.90 Å². The first-order valence-corrected chi connectivity index (χ1v) is 6.79. The Bertz CT molecular complexity index is 400. The number of thioether (sulfide) groups is 1. The zero-order chi connectivity index (χ0) is 11.5. The van der Waals surface area contributed by atoms with Crippen molar-refractivity contribution in [3.05, 3.63) is 28.2 Å². The van der Waals surface area contributed by atoms with Crippen LogP contribution in [-0.2, 0) is 0 Å². The molecule has 0 aliphatic carbocycles. The zero-order valence-corrected chi connectivity index (χ0v) is 11.2. The van der Waals surface area contributed by atoms with Crippen LogP contribution in [0.2, 0.25) is 10.0 Å². The second kappa shape index (κ2) is 5.30. The van der Waals surface area contributed by atoms with Crippen molar-refractivity contribution in [1.29, 1.82) is 0 Å². The molecule has 1 fully saturated rings. The molecule has 1 aliphatic rings. The molecule has 0 N–H and O–H groups in total. The van der Waals surface area contributed by atoms with Gasteiger partial charge in [-0.2, -0.15) is 0 Å². The van der Waals surface area contributed by atoms with Crippen LogP contribution in [0, 0.1) is 0 Å². The number of amidine groups is 1. The van der Waals surface area contributed by atoms with Gasteiger partial charge in [0.15, 0.2) is 5.17 Å². The Morgan fingerprint density at radius 2 is 2.00 bits per heavy atom. The van der Waals surface area contributed by atoms with E-state index in [1.165, 1.54) is 6.42 Å². The van der Waals surface area contributed by atoms with E-state index in [2.05, 4.69) is 9.89 Å². The molecule has 1 heterocycles. The molecule has 0 unspecified atom stereocenters. The first-order valence-electron chi connectivity index (χ1n) is 5.05. The number of hydrogen-bond acceptors (Lipinski definition) is 2. The van der Waals surface area contributed by atoms with Crippen LogP contribution in [0.5, 0.6) is 0 Å². The molecule has 0 amide bonds. The summed E-state index contributed by atoms with van der Waals surface area (Å²) in [5, 5.41) is 2.18. The third kappa shape index (κ3) is 2.65. The van der Waals surface area contributed by atoms with Crippen molar-refractivity contribution in [2.24, 2.45) is 4.99 Å². The van der Waals surface area contributed by atoms with E-state index in [0.717, 1.165) is 17.5 Å². The third-order valence-corrected chi connectivity index (χ3v) is 4.10. The lowest BCUT2D eigenvalue weighted by Crippen LogP contribution is -2.29. The molecule has 5 heteroatoms. The van der Waals surface area contributed by atoms with Crippen molar-refractivity contribution in [2.45, 2.75) is 6.42 Å². The maximum Gasteiger partial charge on any atom is 0.164 e. The first kappa shape index (κ1) is 12.1. The predicted molar refractivity (Wildman–Crippen MR) is 73.3 cm³/mol. The van der Waals surface area contributed by atoms with Crippen LogP contribution in [0.4, 0.5) is 5.69 Å². The van der Waals surface area contributed by atoms with E-state index in [4.69, 9.17) is 23.2 Å². The number of para-hydroxylation sites is 1. The minimum absolute atomic E-state index is 0.597. The highest BCUT2D eigenvalue weighted by atomic mass is 35.5. The largest absolute Gasteiger partial charge is 0.354 e. The summed E-state index contributed by atoms with van der Waals surface area (Å²) in [6.07, 6.45) is 1.19. The van der Waals surface area contributed by atoms with Crippen molar-refractivity contribution < 1.29 is 0 Å². The van der Waals surface area contributed by atoms with E-state index in [0.29, 0.717) is 15.7 Å². The number of rotatable bonds is 1. The highest BCUT2D eigenvalue weighted by Gasteiger charge is 2.14. The fourth-order valence-corrected chi connectivity index (χ4v) is 2.89. The minimum atomic E-state index is 0.597. The third-order valence-electron chi connectivity index (χ3n) is 2.34. The van der Waals surface area contributed by atoms with Gasteiger partial charge in [0.1, 0.15) is 5.69 Å². The van der Waals surface area contributed by atoms with Gasteiger partial charge in [0.05, 0.1) is 10.0 Å². The van der Waals surface area contributed by atoms with Crippen molar-refractivity contribution in [3.8, 4) is 0 Å². The topological polar surface area (TPSA) is 15.6 Å². The van der Waals surface area contributed by atoms with Crippen molar-refractivity contribution in [2.75, 3.05) is 19.3 Å². The summed E-state index contributed by atoms with van der Waals surface area (Å²) in [6, 6.07) is 5.44. The zero-order valence-electron chi connectivity index (χ0n) is 8.91. The Hall–Kier alpha value is -0.380. The number of nitrogens with zero attached hydrogens (tertiary/aromatic N) is 2. The number of aliphatic imine (C=N–C) groups is 1. The van der Waals surface area contributed by atoms with Gasteiger partial charge >= 0.3 is 0 Å². The molecule has 0 atom stereocenters. The van der Waals surface area contributed by atoms with Gasteiger partial charge in [0.2, 0.25) is 0 Å². The SMILES string of the molecule is CN1CCCSC1=Nc1c(Cl)cccc1Cl. The minimum Gasteiger partial charge on any atom is -0.354 e. The summed E-state index contributed by atoms with van der Waals surface area (Å²) < 4.78 is 0. The summed E-state index contributed by atoms with van der Waals surface area (Å²) >= 11 is 13.9. The lowest BCUT2D eigenvalue weighted by Gasteiger charge is -2.25. The van der Waals surface area contributed by atoms with Gasteiger partial charge in [-0.15, -0.1) is 0 Å². The van der Waals surface area contributed by atoms with Gasteiger partial charge in [-0.3, -0.25) is 0 Å². The van der Waals surface area contributed by atoms with Crippen molar-refractivity contribution >= 4 is 45.8 Å². The number of halogens is 2. The Balaban J connectivity index is 2.34. The standard InChI is InChI=1S/C11H12Cl2N2S/c1-15-6-3-7-16-11(15)14-10-8(12)4-2-5-9(10)13/h2,4-5H,3,6-7H2,1H3. The molecular formula is C11H12Cl2N2S. The summed E-state index contributed by atoms with van der Waals surface area (Å²) in [6.45, 7) is 1.04. The average Bonchev–Trinajstić information content (AvgIpc) is 2.26. The maximum absolute atomic E-state index is 6.08. The van der Waals surface area contributed by atoms with Gasteiger partial charge in [-0.25, -0.2) is 4.99 Å². The van der Waals surface area contributed by atoms with Gasteiger partial charge < -0.3 is 4.90 Å². The van der Waals surface area contributed by atoms with E-state index < -0.39 is 0 Å². The normalized spacial score (nSPS) is 19.2. The molecule has 1 aliphatic heterocycles. The average molecular weight is 275 g/mol. The van der Waals surface area contributed by atoms with Crippen LogP contribution in [0.15, 0.2) is 23.2 Å². The lowest BCUT2D eigenvalue weighted by atomic mass is 10.3. The van der Waals surface area contributed by atoms with Crippen LogP contribution >= 0.6 is 35.0 Å². The Morgan fingerprint density at radius 1 is 1.31 bits per heavy atom. The summed E-state index contributed by atoms with van der Waals surface area (Å²) in [5.74, 6) is 1.10. The van der Waals surface area contributed by atoms with Gasteiger partial charge in [0, 0.05) is 19.3 Å². The molecule has 1 aromatic rings. The Morgan fingerprint density at radius 3 is 2.62 bits per heavy atom. The molecule has 2 rings (SSSR count). The van der Waals surface area contributed by atoms with E-state index in [1.54, 1.807) is 23.9 Å². The quantitative estimate of drug-likeness (QED) is 0.768. The molecule has 0 aromatic heterocycles. The highest BCUT2D eigenvalue weighted by Crippen LogP contribution is 2.34. The second-order valence-corrected chi connectivity index (χ2v) is 5.46. The fourth-order valence-electron chi connectivity index (χ4n) is 1.48. The van der Waals surface area contributed by atoms with E-state index in [-0.39, 0.29) is 0 Å². The van der Waals surface area contributed by atoms with Gasteiger partial charge in [-0.1, -0.05) is 41.0 Å². The van der Waals surface area contributed by atoms with Gasteiger partial charge in [-0.05, 0) is 18.6 Å². The van der Waals surface area contributed by atoms with Crippen LogP contribution in [0.1, 0.15) is 6.42 Å². The monoisotopic (exact) mass is 274 g/mol. The van der Waals surface area contributed by atoms with E-state index >= 15 is 0 Å². The Labute approximate surface area is 110 Å². The molecule has 1 saturated heterocycles. The second-order valence-electron chi connectivity index (χ2n) is 3.59. The molecule has 0 spiro atoms. The molecule has 0 radical (unpaired) electrons. The van der Waals surface area contributed by atoms with Crippen LogP contribution in [0.3, 0.4) is 0 Å². The summed E-state index contributed by atoms with van der Waals surface area (Å²) in [4.78, 5) is 6.67. The molecule has 16 heavy (non-hydrogen) atoms. The number of hydrogen-bond donors (Lipinski definition) is 0. The fraction of sp³-hybridized carbons (Fsp3) is 0.364. The van der Waals surface area contributed by atoms with E-state index in [1.807, 2.05) is 13.1 Å². The molecule has 1 aromatic carbocycles. The maximum atomic E-state index is 6.08. The Kier molecular flexibility index (Phi) is 4.00. The summed E-state index contributed by atoms with van der Waals surface area (Å²) in [5.41, 5.74) is 0.669. The smallest absolute Gasteiger partial charge is 0.164 e. The highest BCUT2D eigenvalue weighted by molar-refractivity contribution is 8.13. The first-order chi connectivity index (χ1) is 7.68. The molecule has 0 bridgehead atoms. The van der Waals surface area contributed by atoms with Gasteiger partial charge in [0.25, 0.3) is 0 Å². The van der Waals surface area contributed by atoms with Crippen LogP contribution in [-0.4, -0.2) is 29.4 Å². The van der Waals surface area contributed by atoms with E-state index in [9.17, 15) is 0 Å². The molecule has 2 nitrogen and oxygen atoms in total. The lowest BCUT2D eigenvalue weighted by molar-refractivity contribution is 0.505. The summed E-state index contributed by atoms with van der Waals surface area (Å²) in [7, 11) is 2.04. The molecular weight excluding hydrogens is 263 g/mol. The number of benzene rings is 1. The van der Waals surface area contributed by atoms with Crippen molar-refractivity contribution in [3.63, 3.8) is 0 Å². The van der Waals surface area contributed by atoms with Crippen LogP contribution < -0.4 is 0 Å².